The molecule has 2 aromatic rings. The Balaban J connectivity index is 1.68. The maximum Gasteiger partial charge on any atom is 0.350 e. The molecule has 140 valence electrons. The number of benzene rings is 1. The third-order valence-corrected chi connectivity index (χ3v) is 5.67. The predicted molar refractivity (Wildman–Crippen MR) is 98.8 cm³/mol. The molecule has 1 N–H and O–H groups in total. The van der Waals surface area contributed by atoms with Gasteiger partial charge in [0.1, 0.15) is 0 Å². The van der Waals surface area contributed by atoms with Crippen LogP contribution in [0.25, 0.3) is 10.9 Å². The number of fused-ring (bicyclic) bond motifs is 3. The topological polar surface area (TPSA) is 69.6 Å². The van der Waals surface area contributed by atoms with Crippen molar-refractivity contribution in [1.29, 1.82) is 0 Å². The molecule has 5 rings (SSSR count). The number of esters is 2. The molecule has 1 atom stereocenters. The molecule has 27 heavy (non-hydrogen) atoms. The van der Waals surface area contributed by atoms with Gasteiger partial charge in [0.05, 0.1) is 18.3 Å². The monoisotopic (exact) mass is 366 g/mol. The van der Waals surface area contributed by atoms with E-state index in [9.17, 15) is 9.59 Å². The van der Waals surface area contributed by atoms with Crippen LogP contribution in [0.5, 0.6) is 0 Å². The van der Waals surface area contributed by atoms with E-state index in [-0.39, 0.29) is 11.6 Å². The van der Waals surface area contributed by atoms with Gasteiger partial charge in [-0.1, -0.05) is 11.6 Å². The highest BCUT2D eigenvalue weighted by atomic mass is 16.7. The van der Waals surface area contributed by atoms with E-state index in [1.807, 2.05) is 0 Å². The summed E-state index contributed by atoms with van der Waals surface area (Å²) in [6.45, 7) is 5.66. The van der Waals surface area contributed by atoms with Crippen LogP contribution in [0.4, 0.5) is 0 Å². The minimum atomic E-state index is -1.23. The summed E-state index contributed by atoms with van der Waals surface area (Å²) >= 11 is 0. The molecule has 1 saturated heterocycles. The van der Waals surface area contributed by atoms with Gasteiger partial charge in [-0.25, -0.2) is 9.59 Å². The zero-order valence-corrected chi connectivity index (χ0v) is 15.7. The highest BCUT2D eigenvalue weighted by Gasteiger charge is 2.43. The number of nitrogens with zero attached hydrogens (tertiary/aromatic N) is 1. The van der Waals surface area contributed by atoms with Gasteiger partial charge < -0.3 is 19.4 Å². The molecule has 1 aromatic heterocycles. The highest BCUT2D eigenvalue weighted by Crippen LogP contribution is 2.41. The van der Waals surface area contributed by atoms with Crippen LogP contribution < -0.4 is 5.32 Å². The first-order valence-electron chi connectivity index (χ1n) is 9.42. The van der Waals surface area contributed by atoms with Crippen LogP contribution in [-0.4, -0.2) is 22.3 Å². The fourth-order valence-corrected chi connectivity index (χ4v) is 4.61. The third-order valence-electron chi connectivity index (χ3n) is 5.67. The number of ether oxygens (including phenoxy) is 2. The van der Waals surface area contributed by atoms with E-state index in [1.54, 1.807) is 13.8 Å². The molecule has 0 unspecified atom stereocenters. The minimum Gasteiger partial charge on any atom is -0.419 e. The van der Waals surface area contributed by atoms with Crippen molar-refractivity contribution in [1.82, 2.24) is 9.88 Å². The maximum atomic E-state index is 12.5. The molecular weight excluding hydrogens is 344 g/mol. The number of carbonyl (C=O) groups is 2. The largest absolute Gasteiger partial charge is 0.419 e. The summed E-state index contributed by atoms with van der Waals surface area (Å²) in [7, 11) is 0. The fourth-order valence-electron chi connectivity index (χ4n) is 4.61. The van der Waals surface area contributed by atoms with E-state index in [0.717, 1.165) is 24.8 Å². The molecule has 3 aliphatic rings. The third kappa shape index (κ3) is 2.39. The molecule has 0 bridgehead atoms. The first-order valence-corrected chi connectivity index (χ1v) is 9.42. The summed E-state index contributed by atoms with van der Waals surface area (Å²) in [5.41, 5.74) is 5.62. The summed E-state index contributed by atoms with van der Waals surface area (Å²) in [5.74, 6) is -2.47. The summed E-state index contributed by atoms with van der Waals surface area (Å²) in [6.07, 6.45) is 3.10. The Hall–Kier alpha value is -2.76. The van der Waals surface area contributed by atoms with Gasteiger partial charge in [0.2, 0.25) is 0 Å². The van der Waals surface area contributed by atoms with E-state index in [1.165, 1.54) is 22.2 Å². The second kappa shape index (κ2) is 5.38. The van der Waals surface area contributed by atoms with E-state index < -0.39 is 17.7 Å². The molecule has 0 radical (unpaired) electrons. The average molecular weight is 366 g/mol. The van der Waals surface area contributed by atoms with Crippen LogP contribution in [-0.2, 0) is 32.0 Å². The van der Waals surface area contributed by atoms with Crippen molar-refractivity contribution in [3.63, 3.8) is 0 Å². The summed E-state index contributed by atoms with van der Waals surface area (Å²) in [5, 5.41) is 4.72. The van der Waals surface area contributed by atoms with Crippen LogP contribution in [0.1, 0.15) is 49.6 Å². The Morgan fingerprint density at radius 2 is 1.93 bits per heavy atom. The van der Waals surface area contributed by atoms with Gasteiger partial charge in [-0.2, -0.15) is 0 Å². The lowest BCUT2D eigenvalue weighted by molar-refractivity contribution is -0.222. The number of rotatable bonds is 0. The molecule has 6 heteroatoms. The van der Waals surface area contributed by atoms with Crippen LogP contribution in [0.3, 0.4) is 0 Å². The molecule has 0 saturated carbocycles. The van der Waals surface area contributed by atoms with Crippen LogP contribution in [0, 0.1) is 6.92 Å². The maximum absolute atomic E-state index is 12.5. The SMILES string of the molecule is Cc1ccc2c(c1)c1c3n2CC(=C2C(=O)OC(C)(C)OC2=O)N[C@H]3CCC1. The highest BCUT2D eigenvalue weighted by molar-refractivity contribution is 6.16. The average Bonchev–Trinajstić information content (AvgIpc) is 2.88. The number of cyclic esters (lactones) is 2. The van der Waals surface area contributed by atoms with Gasteiger partial charge in [0.25, 0.3) is 5.79 Å². The summed E-state index contributed by atoms with van der Waals surface area (Å²) < 4.78 is 12.8. The molecule has 2 aliphatic heterocycles. The Bertz CT molecular complexity index is 1020. The van der Waals surface area contributed by atoms with Gasteiger partial charge in [-0.05, 0) is 43.9 Å². The second-order valence-corrected chi connectivity index (χ2v) is 8.09. The number of nitrogens with one attached hydrogen (secondary N) is 1. The smallest absolute Gasteiger partial charge is 0.350 e. The lowest BCUT2D eigenvalue weighted by Gasteiger charge is -2.36. The zero-order valence-electron chi connectivity index (χ0n) is 15.7. The predicted octanol–water partition coefficient (Wildman–Crippen LogP) is 3.02. The summed E-state index contributed by atoms with van der Waals surface area (Å²) in [6, 6.07) is 6.56. The molecule has 0 amide bonds. The number of allylic oxidation sites excluding steroid dienone is 1. The first kappa shape index (κ1) is 16.4. The molecule has 1 aromatic carbocycles. The lowest BCUT2D eigenvalue weighted by atomic mass is 9.90. The second-order valence-electron chi connectivity index (χ2n) is 8.09. The number of aryl methyl sites for hydroxylation is 2. The van der Waals surface area contributed by atoms with Crippen molar-refractivity contribution in [2.45, 2.75) is 58.4 Å². The van der Waals surface area contributed by atoms with Crippen LogP contribution in [0.15, 0.2) is 29.5 Å². The molecular formula is C21H22N2O4. The van der Waals surface area contributed by atoms with Crippen molar-refractivity contribution in [3.05, 3.63) is 46.3 Å². The zero-order chi connectivity index (χ0) is 18.9. The van der Waals surface area contributed by atoms with Crippen molar-refractivity contribution in [2.75, 3.05) is 0 Å². The molecule has 1 fully saturated rings. The van der Waals surface area contributed by atoms with Gasteiger partial charge in [-0.15, -0.1) is 0 Å². The van der Waals surface area contributed by atoms with E-state index in [2.05, 4.69) is 35.0 Å². The Kier molecular flexibility index (Phi) is 3.27. The minimum absolute atomic E-state index is 0.0129. The molecule has 6 nitrogen and oxygen atoms in total. The standard InChI is InChI=1S/C21H22N2O4/c1-11-7-8-16-13(9-11)12-5-4-6-14-18(12)23(16)10-15(22-14)17-19(24)26-21(2,3)27-20(17)25/h7-9,14,22H,4-6,10H2,1-3H3/t14-/m0/s1. The normalized spacial score (nSPS) is 23.6. The van der Waals surface area contributed by atoms with Crippen LogP contribution >= 0.6 is 0 Å². The number of hydrogen-bond acceptors (Lipinski definition) is 5. The first-order chi connectivity index (χ1) is 12.8. The number of aromatic nitrogens is 1. The van der Waals surface area contributed by atoms with Gasteiger partial charge in [-0.3, -0.25) is 0 Å². The van der Waals surface area contributed by atoms with Gasteiger partial charge in [0.15, 0.2) is 5.57 Å². The fraction of sp³-hybridized carbons (Fsp3) is 0.429. The van der Waals surface area contributed by atoms with Crippen molar-refractivity contribution >= 4 is 22.8 Å². The Morgan fingerprint density at radius 1 is 1.19 bits per heavy atom. The quantitative estimate of drug-likeness (QED) is 0.441. The van der Waals surface area contributed by atoms with E-state index in [0.29, 0.717) is 12.2 Å². The Labute approximate surface area is 157 Å². The number of hydrogen-bond donors (Lipinski definition) is 1. The number of carbonyl (C=O) groups excluding carboxylic acids is 2. The molecule has 0 spiro atoms. The van der Waals surface area contributed by atoms with E-state index >= 15 is 0 Å². The van der Waals surface area contributed by atoms with Crippen molar-refractivity contribution in [2.24, 2.45) is 0 Å². The molecule has 3 heterocycles. The molecule has 1 aliphatic carbocycles. The summed E-state index contributed by atoms with van der Waals surface area (Å²) in [4.78, 5) is 25.0. The van der Waals surface area contributed by atoms with Crippen LogP contribution in [0.2, 0.25) is 0 Å². The van der Waals surface area contributed by atoms with Crippen molar-refractivity contribution in [3.8, 4) is 0 Å². The van der Waals surface area contributed by atoms with Gasteiger partial charge in [0, 0.05) is 30.4 Å². The van der Waals surface area contributed by atoms with Crippen molar-refractivity contribution < 1.29 is 19.1 Å². The van der Waals surface area contributed by atoms with E-state index in [4.69, 9.17) is 9.47 Å². The lowest BCUT2D eigenvalue weighted by Crippen LogP contribution is -2.45. The van der Waals surface area contributed by atoms with Gasteiger partial charge >= 0.3 is 11.9 Å². The Morgan fingerprint density at radius 3 is 2.67 bits per heavy atom.